The normalized spacial score (nSPS) is 17.2. The van der Waals surface area contributed by atoms with Gasteiger partial charge in [0.1, 0.15) is 5.75 Å². The Labute approximate surface area is 144 Å². The molecule has 0 amide bonds. The molecule has 0 spiro atoms. The number of nitrogens with one attached hydrogen (secondary N) is 1. The molecule has 0 aliphatic carbocycles. The standard InChI is InChI=1S/C21H27NO2/c1-15(2)18-9-5-10-19-20(11-6-12-24-21(18)19)22-13-16-7-3-4-8-17(16)14-23/h3-5,7-10,15,20,22-23H,6,11-14H2,1-2H3. The first-order valence-corrected chi connectivity index (χ1v) is 8.87. The van der Waals surface area contributed by atoms with Crippen LogP contribution in [0.4, 0.5) is 0 Å². The third-order valence-electron chi connectivity index (χ3n) is 4.78. The van der Waals surface area contributed by atoms with Crippen LogP contribution in [0.5, 0.6) is 5.75 Å². The lowest BCUT2D eigenvalue weighted by Crippen LogP contribution is -2.21. The Morgan fingerprint density at radius 2 is 1.92 bits per heavy atom. The Bertz CT molecular complexity index is 681. The van der Waals surface area contributed by atoms with Crippen LogP contribution in [0.25, 0.3) is 0 Å². The van der Waals surface area contributed by atoms with Crippen molar-refractivity contribution in [2.45, 2.75) is 51.8 Å². The van der Waals surface area contributed by atoms with E-state index in [1.807, 2.05) is 18.2 Å². The summed E-state index contributed by atoms with van der Waals surface area (Å²) < 4.78 is 6.09. The van der Waals surface area contributed by atoms with Crippen molar-refractivity contribution in [3.63, 3.8) is 0 Å². The van der Waals surface area contributed by atoms with Crippen molar-refractivity contribution >= 4 is 0 Å². The molecule has 3 rings (SSSR count). The Hall–Kier alpha value is -1.84. The molecule has 0 aromatic heterocycles. The number of hydrogen-bond donors (Lipinski definition) is 2. The van der Waals surface area contributed by atoms with Gasteiger partial charge in [0.05, 0.1) is 13.2 Å². The molecule has 1 aliphatic rings. The molecule has 1 unspecified atom stereocenters. The number of ether oxygens (including phenoxy) is 1. The van der Waals surface area contributed by atoms with Gasteiger partial charge in [-0.1, -0.05) is 56.3 Å². The van der Waals surface area contributed by atoms with Crippen molar-refractivity contribution in [2.75, 3.05) is 6.61 Å². The minimum Gasteiger partial charge on any atom is -0.493 e. The molecule has 24 heavy (non-hydrogen) atoms. The van der Waals surface area contributed by atoms with Gasteiger partial charge in [0.2, 0.25) is 0 Å². The summed E-state index contributed by atoms with van der Waals surface area (Å²) in [6.07, 6.45) is 2.11. The van der Waals surface area contributed by atoms with Gasteiger partial charge in [0, 0.05) is 18.2 Å². The van der Waals surface area contributed by atoms with Crippen molar-refractivity contribution in [2.24, 2.45) is 0 Å². The Balaban J connectivity index is 1.83. The van der Waals surface area contributed by atoms with Gasteiger partial charge >= 0.3 is 0 Å². The topological polar surface area (TPSA) is 41.5 Å². The van der Waals surface area contributed by atoms with Gasteiger partial charge in [-0.05, 0) is 35.4 Å². The number of hydrogen-bond acceptors (Lipinski definition) is 3. The molecule has 128 valence electrons. The maximum Gasteiger partial charge on any atom is 0.127 e. The van der Waals surface area contributed by atoms with Gasteiger partial charge in [0.25, 0.3) is 0 Å². The number of aliphatic hydroxyl groups is 1. The highest BCUT2D eigenvalue weighted by Crippen LogP contribution is 2.37. The molecule has 0 fully saturated rings. The van der Waals surface area contributed by atoms with Gasteiger partial charge in [-0.2, -0.15) is 0 Å². The summed E-state index contributed by atoms with van der Waals surface area (Å²) in [6, 6.07) is 14.8. The predicted molar refractivity (Wildman–Crippen MR) is 97.2 cm³/mol. The SMILES string of the molecule is CC(C)c1cccc2c1OCCCC2NCc1ccccc1CO. The van der Waals surface area contributed by atoms with Crippen molar-refractivity contribution in [3.05, 3.63) is 64.7 Å². The number of benzene rings is 2. The summed E-state index contributed by atoms with van der Waals surface area (Å²) in [5, 5.41) is 13.2. The molecule has 2 aromatic rings. The average Bonchev–Trinajstić information content (AvgIpc) is 2.82. The molecule has 0 radical (unpaired) electrons. The number of fused-ring (bicyclic) bond motifs is 1. The third kappa shape index (κ3) is 3.63. The molecule has 1 aliphatic heterocycles. The van der Waals surface area contributed by atoms with Crippen LogP contribution < -0.4 is 10.1 Å². The van der Waals surface area contributed by atoms with E-state index in [0.29, 0.717) is 5.92 Å². The Kier molecular flexibility index (Phi) is 5.54. The molecule has 3 nitrogen and oxygen atoms in total. The Morgan fingerprint density at radius 3 is 2.67 bits per heavy atom. The molecule has 2 N–H and O–H groups in total. The van der Waals surface area contributed by atoms with Gasteiger partial charge in [0.15, 0.2) is 0 Å². The van der Waals surface area contributed by atoms with Crippen molar-refractivity contribution in [1.29, 1.82) is 0 Å². The number of para-hydroxylation sites is 1. The van der Waals surface area contributed by atoms with Crippen LogP contribution in [-0.4, -0.2) is 11.7 Å². The molecule has 2 aromatic carbocycles. The van der Waals surface area contributed by atoms with Crippen LogP contribution in [0.1, 0.15) is 60.9 Å². The quantitative estimate of drug-likeness (QED) is 0.861. The minimum absolute atomic E-state index is 0.0831. The highest BCUT2D eigenvalue weighted by Gasteiger charge is 2.22. The fourth-order valence-corrected chi connectivity index (χ4v) is 3.42. The minimum atomic E-state index is 0.0831. The predicted octanol–water partition coefficient (Wildman–Crippen LogP) is 4.31. The summed E-state index contributed by atoms with van der Waals surface area (Å²) in [4.78, 5) is 0. The summed E-state index contributed by atoms with van der Waals surface area (Å²) >= 11 is 0. The van der Waals surface area contributed by atoms with Gasteiger partial charge < -0.3 is 15.2 Å². The lowest BCUT2D eigenvalue weighted by Gasteiger charge is -2.22. The molecule has 0 saturated heterocycles. The van der Waals surface area contributed by atoms with Gasteiger partial charge in [-0.15, -0.1) is 0 Å². The highest BCUT2D eigenvalue weighted by atomic mass is 16.5. The molecule has 1 heterocycles. The Morgan fingerprint density at radius 1 is 1.12 bits per heavy atom. The van der Waals surface area contributed by atoms with E-state index in [4.69, 9.17) is 4.74 Å². The second kappa shape index (κ2) is 7.82. The van der Waals surface area contributed by atoms with E-state index in [1.165, 1.54) is 11.1 Å². The first-order chi connectivity index (χ1) is 11.7. The highest BCUT2D eigenvalue weighted by molar-refractivity contribution is 5.45. The zero-order chi connectivity index (χ0) is 16.9. The zero-order valence-corrected chi connectivity index (χ0v) is 14.6. The second-order valence-electron chi connectivity index (χ2n) is 6.77. The first kappa shape index (κ1) is 17.0. The largest absolute Gasteiger partial charge is 0.493 e. The fraction of sp³-hybridized carbons (Fsp3) is 0.429. The maximum absolute atomic E-state index is 9.51. The van der Waals surface area contributed by atoms with Crippen LogP contribution in [0.3, 0.4) is 0 Å². The van der Waals surface area contributed by atoms with E-state index in [9.17, 15) is 5.11 Å². The van der Waals surface area contributed by atoms with E-state index in [1.54, 1.807) is 0 Å². The molecule has 3 heteroatoms. The monoisotopic (exact) mass is 325 g/mol. The van der Waals surface area contributed by atoms with E-state index in [-0.39, 0.29) is 12.6 Å². The molecular formula is C21H27NO2. The van der Waals surface area contributed by atoms with E-state index < -0.39 is 0 Å². The average molecular weight is 325 g/mol. The van der Waals surface area contributed by atoms with Crippen molar-refractivity contribution in [1.82, 2.24) is 5.32 Å². The van der Waals surface area contributed by atoms with E-state index in [2.05, 4.69) is 43.4 Å². The summed E-state index contributed by atoms with van der Waals surface area (Å²) in [5.74, 6) is 1.52. The fourth-order valence-electron chi connectivity index (χ4n) is 3.42. The second-order valence-corrected chi connectivity index (χ2v) is 6.77. The molecule has 0 saturated carbocycles. The third-order valence-corrected chi connectivity index (χ3v) is 4.78. The van der Waals surface area contributed by atoms with Crippen LogP contribution in [0, 0.1) is 0 Å². The lowest BCUT2D eigenvalue weighted by atomic mass is 9.94. The maximum atomic E-state index is 9.51. The zero-order valence-electron chi connectivity index (χ0n) is 14.6. The smallest absolute Gasteiger partial charge is 0.127 e. The van der Waals surface area contributed by atoms with Gasteiger partial charge in [-0.25, -0.2) is 0 Å². The van der Waals surface area contributed by atoms with E-state index in [0.717, 1.165) is 42.9 Å². The number of aliphatic hydroxyl groups excluding tert-OH is 1. The summed E-state index contributed by atoms with van der Waals surface area (Å²) in [5.41, 5.74) is 4.70. The van der Waals surface area contributed by atoms with E-state index >= 15 is 0 Å². The summed E-state index contributed by atoms with van der Waals surface area (Å²) in [6.45, 7) is 6.04. The molecular weight excluding hydrogens is 298 g/mol. The number of rotatable bonds is 5. The first-order valence-electron chi connectivity index (χ1n) is 8.87. The van der Waals surface area contributed by atoms with Crippen molar-refractivity contribution < 1.29 is 9.84 Å². The van der Waals surface area contributed by atoms with Crippen LogP contribution in [0.2, 0.25) is 0 Å². The van der Waals surface area contributed by atoms with Crippen LogP contribution in [0.15, 0.2) is 42.5 Å². The van der Waals surface area contributed by atoms with Gasteiger partial charge in [-0.3, -0.25) is 0 Å². The lowest BCUT2D eigenvalue weighted by molar-refractivity contribution is 0.280. The molecule has 0 bridgehead atoms. The summed E-state index contributed by atoms with van der Waals surface area (Å²) in [7, 11) is 0. The van der Waals surface area contributed by atoms with Crippen molar-refractivity contribution in [3.8, 4) is 5.75 Å². The van der Waals surface area contributed by atoms with Crippen LogP contribution >= 0.6 is 0 Å². The molecule has 1 atom stereocenters. The van der Waals surface area contributed by atoms with Crippen LogP contribution in [-0.2, 0) is 13.2 Å².